The molecule has 34 heavy (non-hydrogen) atoms. The fourth-order valence-corrected chi connectivity index (χ4v) is 4.72. The van der Waals surface area contributed by atoms with Crippen LogP contribution in [-0.2, 0) is 11.2 Å². The van der Waals surface area contributed by atoms with Crippen molar-refractivity contribution in [3.05, 3.63) is 94.9 Å². The number of aryl methyl sites for hydroxylation is 1. The molecule has 6 heteroatoms. The lowest BCUT2D eigenvalue weighted by Crippen LogP contribution is -2.20. The number of pyridine rings is 2. The van der Waals surface area contributed by atoms with Gasteiger partial charge in [0, 0.05) is 33.4 Å². The monoisotopic (exact) mass is 447 g/mol. The van der Waals surface area contributed by atoms with E-state index in [-0.39, 0.29) is 18.1 Å². The molecule has 3 heterocycles. The zero-order chi connectivity index (χ0) is 23.2. The molecule has 0 atom stereocenters. The van der Waals surface area contributed by atoms with E-state index in [1.165, 1.54) is 0 Å². The van der Waals surface area contributed by atoms with Gasteiger partial charge < -0.3 is 10.1 Å². The van der Waals surface area contributed by atoms with Crippen LogP contribution in [0.25, 0.3) is 38.1 Å². The number of carbonyl (C=O) groups is 1. The maximum Gasteiger partial charge on any atom is 0.263 e. The van der Waals surface area contributed by atoms with Crippen molar-refractivity contribution in [2.75, 3.05) is 11.9 Å². The first-order valence-corrected chi connectivity index (χ1v) is 11.2. The molecular weight excluding hydrogens is 426 g/mol. The number of nitrogens with zero attached hydrogens (tertiary/aromatic N) is 2. The first-order chi connectivity index (χ1) is 16.7. The summed E-state index contributed by atoms with van der Waals surface area (Å²) in [6.07, 6.45) is 2.59. The van der Waals surface area contributed by atoms with Crippen molar-refractivity contribution in [2.45, 2.75) is 13.3 Å². The summed E-state index contributed by atoms with van der Waals surface area (Å²) in [6.45, 7) is 1.94. The second kappa shape index (κ2) is 7.85. The third kappa shape index (κ3) is 3.07. The van der Waals surface area contributed by atoms with Crippen LogP contribution >= 0.6 is 0 Å². The highest BCUT2D eigenvalue weighted by Crippen LogP contribution is 2.34. The highest BCUT2D eigenvalue weighted by Gasteiger charge is 2.18. The summed E-state index contributed by atoms with van der Waals surface area (Å²) in [6, 6.07) is 22.7. The van der Waals surface area contributed by atoms with Gasteiger partial charge in [-0.15, -0.1) is 0 Å². The van der Waals surface area contributed by atoms with Crippen molar-refractivity contribution in [1.82, 2.24) is 9.38 Å². The third-order valence-corrected chi connectivity index (χ3v) is 6.30. The Balaban J connectivity index is 1.38. The average molecular weight is 447 g/mol. The van der Waals surface area contributed by atoms with Crippen LogP contribution in [0.5, 0.6) is 5.75 Å². The molecule has 6 rings (SSSR count). The molecule has 0 saturated carbocycles. The number of nitrogens with one attached hydrogen (secondary N) is 1. The predicted molar refractivity (Wildman–Crippen MR) is 135 cm³/mol. The first kappa shape index (κ1) is 20.2. The molecule has 1 N–H and O–H groups in total. The number of ether oxygens (including phenoxy) is 1. The van der Waals surface area contributed by atoms with Crippen LogP contribution in [-0.4, -0.2) is 21.9 Å². The second-order valence-electron chi connectivity index (χ2n) is 8.27. The number of fused-ring (bicyclic) bond motifs is 5. The molecule has 6 nitrogen and oxygen atoms in total. The normalized spacial score (nSPS) is 11.6. The summed E-state index contributed by atoms with van der Waals surface area (Å²) in [5.41, 5.74) is 4.18. The molecule has 0 radical (unpaired) electrons. The Bertz CT molecular complexity index is 1770. The molecule has 3 aromatic heterocycles. The first-order valence-electron chi connectivity index (χ1n) is 11.2. The SMILES string of the molecule is CCc1ccccc1NC(=O)COc1ccc2c(c1)c1ccnc3c4ccccc4c(=O)n2c13. The van der Waals surface area contributed by atoms with Gasteiger partial charge in [0.15, 0.2) is 6.61 Å². The van der Waals surface area contributed by atoms with Crippen LogP contribution in [0.1, 0.15) is 12.5 Å². The highest BCUT2D eigenvalue weighted by molar-refractivity contribution is 6.18. The van der Waals surface area contributed by atoms with Crippen LogP contribution in [0.3, 0.4) is 0 Å². The minimum absolute atomic E-state index is 0.0706. The van der Waals surface area contributed by atoms with E-state index < -0.39 is 0 Å². The van der Waals surface area contributed by atoms with E-state index in [0.29, 0.717) is 11.1 Å². The standard InChI is InChI=1S/C28H21N3O3/c1-2-17-7-3-6-10-23(17)30-25(32)16-34-18-11-12-24-22(15-18)20-13-14-29-26-19-8-4-5-9-21(19)28(33)31(24)27(20)26/h3-15H,2,16H2,1H3,(H,30,32). The summed E-state index contributed by atoms with van der Waals surface area (Å²) < 4.78 is 7.56. The van der Waals surface area contributed by atoms with Crippen LogP contribution in [0.4, 0.5) is 5.69 Å². The average Bonchev–Trinajstić information content (AvgIpc) is 3.21. The topological polar surface area (TPSA) is 72.7 Å². The van der Waals surface area contributed by atoms with Crippen molar-refractivity contribution in [3.8, 4) is 5.75 Å². The molecule has 0 aliphatic carbocycles. The van der Waals surface area contributed by atoms with E-state index in [1.54, 1.807) is 16.7 Å². The Morgan fingerprint density at radius 1 is 0.941 bits per heavy atom. The van der Waals surface area contributed by atoms with Gasteiger partial charge in [-0.25, -0.2) is 0 Å². The summed E-state index contributed by atoms with van der Waals surface area (Å²) >= 11 is 0. The second-order valence-corrected chi connectivity index (χ2v) is 8.27. The number of aromatic nitrogens is 2. The number of carbonyl (C=O) groups excluding carboxylic acids is 1. The van der Waals surface area contributed by atoms with Gasteiger partial charge in [0.05, 0.1) is 16.6 Å². The molecule has 166 valence electrons. The van der Waals surface area contributed by atoms with Crippen molar-refractivity contribution in [2.24, 2.45) is 0 Å². The van der Waals surface area contributed by atoms with Crippen LogP contribution in [0.2, 0.25) is 0 Å². The summed E-state index contributed by atoms with van der Waals surface area (Å²) in [4.78, 5) is 30.4. The number of amides is 1. The molecular formula is C28H21N3O3. The van der Waals surface area contributed by atoms with E-state index in [9.17, 15) is 9.59 Å². The summed E-state index contributed by atoms with van der Waals surface area (Å²) in [5.74, 6) is 0.339. The van der Waals surface area contributed by atoms with Crippen molar-refractivity contribution in [3.63, 3.8) is 0 Å². The van der Waals surface area contributed by atoms with Crippen LogP contribution in [0, 0.1) is 0 Å². The summed E-state index contributed by atoms with van der Waals surface area (Å²) in [7, 11) is 0. The van der Waals surface area contributed by atoms with Gasteiger partial charge in [-0.05, 0) is 48.4 Å². The number of anilines is 1. The van der Waals surface area contributed by atoms with E-state index in [4.69, 9.17) is 4.74 Å². The Hall–Kier alpha value is -4.45. The van der Waals surface area contributed by atoms with Crippen LogP contribution < -0.4 is 15.6 Å². The largest absolute Gasteiger partial charge is 0.484 e. The van der Waals surface area contributed by atoms with Gasteiger partial charge in [0.25, 0.3) is 11.5 Å². The molecule has 0 aliphatic rings. The number of hydrogen-bond donors (Lipinski definition) is 1. The van der Waals surface area contributed by atoms with E-state index in [0.717, 1.165) is 50.4 Å². The van der Waals surface area contributed by atoms with Gasteiger partial charge in [0.2, 0.25) is 0 Å². The number of para-hydroxylation sites is 1. The molecule has 3 aromatic carbocycles. The lowest BCUT2D eigenvalue weighted by Gasteiger charge is -2.10. The predicted octanol–water partition coefficient (Wildman–Crippen LogP) is 5.17. The fourth-order valence-electron chi connectivity index (χ4n) is 4.72. The van der Waals surface area contributed by atoms with E-state index in [2.05, 4.69) is 17.2 Å². The Labute approximate surface area is 194 Å². The summed E-state index contributed by atoms with van der Waals surface area (Å²) in [5, 5.41) is 6.21. The van der Waals surface area contributed by atoms with Crippen molar-refractivity contribution in [1.29, 1.82) is 0 Å². The molecule has 0 fully saturated rings. The fraction of sp³-hybridized carbons (Fsp3) is 0.107. The number of hydrogen-bond acceptors (Lipinski definition) is 4. The number of benzene rings is 3. The van der Waals surface area contributed by atoms with Gasteiger partial charge in [-0.2, -0.15) is 0 Å². The minimum Gasteiger partial charge on any atom is -0.484 e. The molecule has 1 amide bonds. The van der Waals surface area contributed by atoms with Crippen molar-refractivity contribution < 1.29 is 9.53 Å². The maximum atomic E-state index is 13.3. The Morgan fingerprint density at radius 3 is 2.59 bits per heavy atom. The van der Waals surface area contributed by atoms with Gasteiger partial charge >= 0.3 is 0 Å². The Kier molecular flexibility index (Phi) is 4.66. The van der Waals surface area contributed by atoms with Crippen LogP contribution in [0.15, 0.2) is 83.8 Å². The molecule has 0 aliphatic heterocycles. The zero-order valence-electron chi connectivity index (χ0n) is 18.5. The van der Waals surface area contributed by atoms with E-state index in [1.807, 2.05) is 66.7 Å². The molecule has 0 bridgehead atoms. The molecule has 6 aromatic rings. The smallest absolute Gasteiger partial charge is 0.263 e. The molecule has 0 saturated heterocycles. The number of rotatable bonds is 5. The van der Waals surface area contributed by atoms with E-state index >= 15 is 0 Å². The lowest BCUT2D eigenvalue weighted by atomic mass is 10.1. The molecule has 0 unspecified atom stereocenters. The zero-order valence-corrected chi connectivity index (χ0v) is 18.5. The highest BCUT2D eigenvalue weighted by atomic mass is 16.5. The molecule has 0 spiro atoms. The van der Waals surface area contributed by atoms with Gasteiger partial charge in [-0.3, -0.25) is 19.0 Å². The Morgan fingerprint density at radius 2 is 1.74 bits per heavy atom. The minimum atomic E-state index is -0.224. The third-order valence-electron chi connectivity index (χ3n) is 6.30. The quantitative estimate of drug-likeness (QED) is 0.370. The van der Waals surface area contributed by atoms with Gasteiger partial charge in [0.1, 0.15) is 5.75 Å². The van der Waals surface area contributed by atoms with Crippen molar-refractivity contribution >= 4 is 49.7 Å². The lowest BCUT2D eigenvalue weighted by molar-refractivity contribution is -0.118. The maximum absolute atomic E-state index is 13.3. The van der Waals surface area contributed by atoms with Gasteiger partial charge in [-0.1, -0.05) is 43.3 Å².